The van der Waals surface area contributed by atoms with Crippen LogP contribution in [0.3, 0.4) is 0 Å². The molecule has 0 spiro atoms. The molecule has 7 heteroatoms. The molecule has 0 saturated carbocycles. The minimum absolute atomic E-state index is 0. The van der Waals surface area contributed by atoms with Crippen LogP contribution in [0.2, 0.25) is 0 Å². The van der Waals surface area contributed by atoms with Gasteiger partial charge < -0.3 is 20.1 Å². The SMILES string of the molecule is CCC(CNC(=NC)NCC(C)(C)N1CCOCC1)Oc1ccccc1.I. The van der Waals surface area contributed by atoms with Gasteiger partial charge in [0, 0.05) is 32.2 Å². The van der Waals surface area contributed by atoms with E-state index in [1.807, 2.05) is 30.3 Å². The molecule has 1 atom stereocenters. The fraction of sp³-hybridized carbons (Fsp3) is 0.650. The number of nitrogens with one attached hydrogen (secondary N) is 2. The standard InChI is InChI=1S/C20H34N4O2.HI/c1-5-17(26-18-9-7-6-8-10-18)15-22-19(21-4)23-16-20(2,3)24-11-13-25-14-12-24;/h6-10,17H,5,11-16H2,1-4H3,(H2,21,22,23);1H. The lowest BCUT2D eigenvalue weighted by molar-refractivity contribution is -0.00834. The molecule has 1 saturated heterocycles. The molecule has 1 aliphatic heterocycles. The van der Waals surface area contributed by atoms with Crippen LogP contribution in [0.5, 0.6) is 5.75 Å². The maximum atomic E-state index is 6.03. The number of hydrogen-bond donors (Lipinski definition) is 2. The zero-order valence-corrected chi connectivity index (χ0v) is 19.4. The molecular formula is C20H35IN4O2. The second-order valence-corrected chi connectivity index (χ2v) is 7.18. The monoisotopic (exact) mass is 490 g/mol. The van der Waals surface area contributed by atoms with Crippen molar-refractivity contribution < 1.29 is 9.47 Å². The summed E-state index contributed by atoms with van der Waals surface area (Å²) in [6.45, 7) is 11.8. The Morgan fingerprint density at radius 1 is 1.22 bits per heavy atom. The fourth-order valence-corrected chi connectivity index (χ4v) is 2.97. The van der Waals surface area contributed by atoms with Gasteiger partial charge in [0.2, 0.25) is 0 Å². The first kappa shape index (κ1) is 24.0. The molecule has 1 heterocycles. The van der Waals surface area contributed by atoms with Crippen LogP contribution in [0.15, 0.2) is 35.3 Å². The number of hydrogen-bond acceptors (Lipinski definition) is 4. The Morgan fingerprint density at radius 2 is 1.89 bits per heavy atom. The number of rotatable bonds is 8. The number of ether oxygens (including phenoxy) is 2. The van der Waals surface area contributed by atoms with Crippen molar-refractivity contribution in [3.63, 3.8) is 0 Å². The third-order valence-electron chi connectivity index (χ3n) is 4.78. The number of morpholine rings is 1. The number of halogens is 1. The van der Waals surface area contributed by atoms with Gasteiger partial charge in [0.15, 0.2) is 5.96 Å². The molecule has 0 aliphatic carbocycles. The van der Waals surface area contributed by atoms with E-state index in [9.17, 15) is 0 Å². The highest BCUT2D eigenvalue weighted by atomic mass is 127. The van der Waals surface area contributed by atoms with Crippen molar-refractivity contribution in [2.24, 2.45) is 4.99 Å². The minimum Gasteiger partial charge on any atom is -0.489 e. The molecule has 1 aromatic carbocycles. The van der Waals surface area contributed by atoms with E-state index in [0.29, 0.717) is 6.54 Å². The summed E-state index contributed by atoms with van der Waals surface area (Å²) in [5.41, 5.74) is 0.0477. The second kappa shape index (κ2) is 12.4. The Labute approximate surface area is 181 Å². The minimum atomic E-state index is 0. The molecule has 0 bridgehead atoms. The largest absolute Gasteiger partial charge is 0.489 e. The van der Waals surface area contributed by atoms with Gasteiger partial charge in [-0.05, 0) is 32.4 Å². The predicted molar refractivity (Wildman–Crippen MR) is 122 cm³/mol. The third-order valence-corrected chi connectivity index (χ3v) is 4.78. The lowest BCUT2D eigenvalue weighted by Gasteiger charge is -2.41. The van der Waals surface area contributed by atoms with Gasteiger partial charge in [0.25, 0.3) is 0 Å². The number of guanidine groups is 1. The molecule has 6 nitrogen and oxygen atoms in total. The third kappa shape index (κ3) is 8.23. The van der Waals surface area contributed by atoms with Gasteiger partial charge in [-0.15, -0.1) is 24.0 Å². The van der Waals surface area contributed by atoms with Crippen LogP contribution in [-0.2, 0) is 4.74 Å². The van der Waals surface area contributed by atoms with E-state index in [2.05, 4.69) is 41.3 Å². The number of benzene rings is 1. The Bertz CT molecular complexity index is 548. The lowest BCUT2D eigenvalue weighted by atomic mass is 10.0. The maximum Gasteiger partial charge on any atom is 0.191 e. The van der Waals surface area contributed by atoms with Gasteiger partial charge in [-0.1, -0.05) is 25.1 Å². The lowest BCUT2D eigenvalue weighted by Crippen LogP contribution is -2.56. The Hall–Kier alpha value is -1.06. The van der Waals surface area contributed by atoms with Crippen LogP contribution in [-0.4, -0.2) is 68.9 Å². The molecule has 0 radical (unpaired) electrons. The molecule has 154 valence electrons. The summed E-state index contributed by atoms with van der Waals surface area (Å²) in [5, 5.41) is 6.84. The molecular weight excluding hydrogens is 455 g/mol. The summed E-state index contributed by atoms with van der Waals surface area (Å²) < 4.78 is 11.5. The predicted octanol–water partition coefficient (Wildman–Crippen LogP) is 2.74. The van der Waals surface area contributed by atoms with Crippen molar-refractivity contribution >= 4 is 29.9 Å². The summed E-state index contributed by atoms with van der Waals surface area (Å²) in [4.78, 5) is 6.81. The van der Waals surface area contributed by atoms with Crippen LogP contribution < -0.4 is 15.4 Å². The van der Waals surface area contributed by atoms with Crippen LogP contribution in [0.4, 0.5) is 0 Å². The number of nitrogens with zero attached hydrogens (tertiary/aromatic N) is 2. The molecule has 27 heavy (non-hydrogen) atoms. The molecule has 1 unspecified atom stereocenters. The van der Waals surface area contributed by atoms with E-state index in [1.165, 1.54) is 0 Å². The average Bonchev–Trinajstić information content (AvgIpc) is 2.68. The number of aliphatic imine (C=N–C) groups is 1. The topological polar surface area (TPSA) is 58.1 Å². The molecule has 0 aromatic heterocycles. The first-order valence-corrected chi connectivity index (χ1v) is 9.54. The first-order valence-electron chi connectivity index (χ1n) is 9.54. The molecule has 2 N–H and O–H groups in total. The van der Waals surface area contributed by atoms with Gasteiger partial charge in [-0.25, -0.2) is 0 Å². The van der Waals surface area contributed by atoms with E-state index in [-0.39, 0.29) is 35.6 Å². The number of para-hydroxylation sites is 1. The first-order chi connectivity index (χ1) is 12.5. The van der Waals surface area contributed by atoms with Crippen LogP contribution in [0, 0.1) is 0 Å². The molecule has 2 rings (SSSR count). The highest BCUT2D eigenvalue weighted by molar-refractivity contribution is 14.0. The molecule has 0 amide bonds. The van der Waals surface area contributed by atoms with E-state index in [4.69, 9.17) is 9.47 Å². The fourth-order valence-electron chi connectivity index (χ4n) is 2.97. The summed E-state index contributed by atoms with van der Waals surface area (Å²) >= 11 is 0. The van der Waals surface area contributed by atoms with Crippen LogP contribution >= 0.6 is 24.0 Å². The summed E-state index contributed by atoms with van der Waals surface area (Å²) in [6, 6.07) is 9.95. The highest BCUT2D eigenvalue weighted by Crippen LogP contribution is 2.15. The van der Waals surface area contributed by atoms with E-state index >= 15 is 0 Å². The van der Waals surface area contributed by atoms with Gasteiger partial charge in [0.05, 0.1) is 19.8 Å². The van der Waals surface area contributed by atoms with E-state index in [1.54, 1.807) is 7.05 Å². The molecule has 1 aliphatic rings. The quantitative estimate of drug-likeness (QED) is 0.334. The summed E-state index contributed by atoms with van der Waals surface area (Å²) in [5.74, 6) is 1.71. The Balaban J connectivity index is 0.00000364. The zero-order chi connectivity index (χ0) is 18.8. The Morgan fingerprint density at radius 3 is 2.48 bits per heavy atom. The normalized spacial score (nSPS) is 17.0. The van der Waals surface area contributed by atoms with Gasteiger partial charge in [0.1, 0.15) is 11.9 Å². The second-order valence-electron chi connectivity index (χ2n) is 7.18. The van der Waals surface area contributed by atoms with Crippen molar-refractivity contribution in [3.05, 3.63) is 30.3 Å². The molecule has 1 fully saturated rings. The van der Waals surface area contributed by atoms with Gasteiger partial charge in [-0.2, -0.15) is 0 Å². The van der Waals surface area contributed by atoms with Crippen molar-refractivity contribution in [1.82, 2.24) is 15.5 Å². The van der Waals surface area contributed by atoms with Gasteiger partial charge >= 0.3 is 0 Å². The molecule has 1 aromatic rings. The van der Waals surface area contributed by atoms with Crippen molar-refractivity contribution in [1.29, 1.82) is 0 Å². The highest BCUT2D eigenvalue weighted by Gasteiger charge is 2.28. The average molecular weight is 490 g/mol. The van der Waals surface area contributed by atoms with Crippen LogP contribution in [0.1, 0.15) is 27.2 Å². The van der Waals surface area contributed by atoms with Crippen molar-refractivity contribution in [3.8, 4) is 5.75 Å². The summed E-state index contributed by atoms with van der Waals surface area (Å²) in [7, 11) is 1.80. The van der Waals surface area contributed by atoms with E-state index in [0.717, 1.165) is 51.0 Å². The van der Waals surface area contributed by atoms with Crippen molar-refractivity contribution in [2.75, 3.05) is 46.4 Å². The smallest absolute Gasteiger partial charge is 0.191 e. The zero-order valence-electron chi connectivity index (χ0n) is 17.0. The van der Waals surface area contributed by atoms with E-state index < -0.39 is 0 Å². The Kier molecular flexibility index (Phi) is 11.0. The summed E-state index contributed by atoms with van der Waals surface area (Å²) in [6.07, 6.45) is 1.03. The van der Waals surface area contributed by atoms with Crippen LogP contribution in [0.25, 0.3) is 0 Å². The van der Waals surface area contributed by atoms with Crippen molar-refractivity contribution in [2.45, 2.75) is 38.8 Å². The maximum absolute atomic E-state index is 6.03. The van der Waals surface area contributed by atoms with Gasteiger partial charge in [-0.3, -0.25) is 9.89 Å².